The van der Waals surface area contributed by atoms with Crippen molar-refractivity contribution in [3.05, 3.63) is 64.7 Å². The highest BCUT2D eigenvalue weighted by Gasteiger charge is 2.38. The summed E-state index contributed by atoms with van der Waals surface area (Å²) in [6.07, 6.45) is 2.41. The van der Waals surface area contributed by atoms with E-state index < -0.39 is 0 Å². The average molecular weight is 503 g/mol. The molecule has 0 aromatic heterocycles. The van der Waals surface area contributed by atoms with Crippen LogP contribution in [0.3, 0.4) is 0 Å². The minimum Gasteiger partial charge on any atom is -0.493 e. The number of methoxy groups -OCH3 is 3. The van der Waals surface area contributed by atoms with Crippen LogP contribution in [0.25, 0.3) is 17.2 Å². The smallest absolute Gasteiger partial charge is 0.334 e. The van der Waals surface area contributed by atoms with Crippen molar-refractivity contribution in [2.24, 2.45) is 5.92 Å². The number of fused-ring (bicyclic) bond motifs is 5. The molecule has 0 saturated carbocycles. The lowest BCUT2D eigenvalue weighted by Gasteiger charge is -2.25. The molecule has 0 spiro atoms. The third kappa shape index (κ3) is 3.80. The van der Waals surface area contributed by atoms with E-state index >= 15 is 0 Å². The number of cyclic esters (lactones) is 1. The van der Waals surface area contributed by atoms with Crippen LogP contribution in [0, 0.1) is 5.92 Å². The molecule has 37 heavy (non-hydrogen) atoms. The molecule has 0 amide bonds. The van der Waals surface area contributed by atoms with Crippen molar-refractivity contribution in [2.45, 2.75) is 13.0 Å². The minimum absolute atomic E-state index is 0.0984. The van der Waals surface area contributed by atoms with Gasteiger partial charge in [0.25, 0.3) is 0 Å². The van der Waals surface area contributed by atoms with Gasteiger partial charge in [-0.1, -0.05) is 30.3 Å². The minimum atomic E-state index is -0.325. The van der Waals surface area contributed by atoms with Crippen LogP contribution in [0.1, 0.15) is 16.7 Å². The third-order valence-electron chi connectivity index (χ3n) is 6.91. The van der Waals surface area contributed by atoms with Crippen molar-refractivity contribution in [2.75, 3.05) is 34.7 Å². The van der Waals surface area contributed by atoms with E-state index in [1.165, 1.54) is 0 Å². The van der Waals surface area contributed by atoms with Crippen LogP contribution >= 0.6 is 0 Å². The van der Waals surface area contributed by atoms with E-state index in [9.17, 15) is 4.79 Å². The predicted molar refractivity (Wildman–Crippen MR) is 135 cm³/mol. The van der Waals surface area contributed by atoms with E-state index in [1.807, 2.05) is 48.5 Å². The second-order valence-corrected chi connectivity index (χ2v) is 8.96. The number of carbonyl (C=O) groups excluding carboxylic acids is 1. The summed E-state index contributed by atoms with van der Waals surface area (Å²) in [5.41, 5.74) is 4.75. The fraction of sp³-hybridized carbons (Fsp3) is 0.276. The zero-order valence-corrected chi connectivity index (χ0v) is 20.8. The Morgan fingerprint density at radius 2 is 1.70 bits per heavy atom. The zero-order chi connectivity index (χ0) is 25.5. The summed E-state index contributed by atoms with van der Waals surface area (Å²) >= 11 is 0. The van der Waals surface area contributed by atoms with Crippen molar-refractivity contribution in [3.8, 4) is 45.6 Å². The van der Waals surface area contributed by atoms with E-state index in [4.69, 9.17) is 33.2 Å². The first-order chi connectivity index (χ1) is 18.1. The molecule has 2 heterocycles. The summed E-state index contributed by atoms with van der Waals surface area (Å²) < 4.78 is 40.9. The summed E-state index contributed by atoms with van der Waals surface area (Å²) in [6.45, 7) is 0.719. The molecule has 3 aromatic carbocycles. The number of carbonyl (C=O) groups is 1. The predicted octanol–water partition coefficient (Wildman–Crippen LogP) is 4.80. The molecule has 8 heteroatoms. The van der Waals surface area contributed by atoms with Gasteiger partial charge in [0.15, 0.2) is 23.0 Å². The highest BCUT2D eigenvalue weighted by molar-refractivity contribution is 6.00. The molecule has 0 bridgehead atoms. The molecular formula is C29H26O8. The van der Waals surface area contributed by atoms with Gasteiger partial charge in [-0.25, -0.2) is 4.79 Å². The van der Waals surface area contributed by atoms with E-state index in [1.54, 1.807) is 21.3 Å². The van der Waals surface area contributed by atoms with Gasteiger partial charge in [-0.2, -0.15) is 0 Å². The summed E-state index contributed by atoms with van der Waals surface area (Å²) in [5, 5.41) is 0. The topological polar surface area (TPSA) is 81.7 Å². The number of hydrogen-bond acceptors (Lipinski definition) is 8. The molecule has 3 aliphatic rings. The zero-order valence-electron chi connectivity index (χ0n) is 20.8. The van der Waals surface area contributed by atoms with Crippen LogP contribution in [0.4, 0.5) is 0 Å². The molecule has 0 unspecified atom stereocenters. The number of benzene rings is 3. The first-order valence-electron chi connectivity index (χ1n) is 12.0. The number of rotatable bonds is 6. The highest BCUT2D eigenvalue weighted by atomic mass is 16.7. The molecule has 1 aliphatic carbocycles. The molecule has 6 rings (SSSR count). The normalized spacial score (nSPS) is 18.3. The van der Waals surface area contributed by atoms with Crippen LogP contribution in [-0.2, 0) is 22.6 Å². The van der Waals surface area contributed by atoms with Gasteiger partial charge in [0.2, 0.25) is 18.3 Å². The molecule has 3 aromatic rings. The van der Waals surface area contributed by atoms with Gasteiger partial charge < -0.3 is 33.2 Å². The van der Waals surface area contributed by atoms with Crippen molar-refractivity contribution in [1.82, 2.24) is 0 Å². The van der Waals surface area contributed by atoms with E-state index in [-0.39, 0.29) is 18.7 Å². The van der Waals surface area contributed by atoms with Gasteiger partial charge in [-0.15, -0.1) is 0 Å². The molecule has 190 valence electrons. The maximum atomic E-state index is 12.7. The average Bonchev–Trinajstić information content (AvgIpc) is 3.52. The Balaban J connectivity index is 1.63. The Morgan fingerprint density at radius 1 is 0.892 bits per heavy atom. The highest BCUT2D eigenvalue weighted by Crippen LogP contribution is 2.57. The summed E-state index contributed by atoms with van der Waals surface area (Å²) in [6, 6.07) is 13.7. The van der Waals surface area contributed by atoms with Crippen LogP contribution in [0.5, 0.6) is 34.5 Å². The number of hydrogen-bond donors (Lipinski definition) is 0. The summed E-state index contributed by atoms with van der Waals surface area (Å²) in [7, 11) is 4.76. The molecule has 1 atom stereocenters. The standard InChI is InChI=1S/C29H26O8/c1-31-21-11-18-10-20-19(14-35-29(20)30)9-17-12-22-26(37-15-36-22)28(33-3)23(17)24(18)27(32-2)25(21)34-13-16-7-5-4-6-8-16/h4-8,10-12,19H,9,13-15H2,1-3H3/b20-10+/t19-/m1/s1. The van der Waals surface area contributed by atoms with Crippen molar-refractivity contribution >= 4 is 12.0 Å². The first-order valence-corrected chi connectivity index (χ1v) is 12.0. The van der Waals surface area contributed by atoms with Gasteiger partial charge in [0.05, 0.1) is 27.9 Å². The molecule has 8 nitrogen and oxygen atoms in total. The van der Waals surface area contributed by atoms with Gasteiger partial charge in [0, 0.05) is 22.6 Å². The fourth-order valence-electron chi connectivity index (χ4n) is 5.21. The van der Waals surface area contributed by atoms with Gasteiger partial charge in [-0.05, 0) is 41.3 Å². The lowest BCUT2D eigenvalue weighted by molar-refractivity contribution is -0.135. The molecule has 0 N–H and O–H groups in total. The van der Waals surface area contributed by atoms with Crippen molar-refractivity contribution < 1.29 is 38.0 Å². The molecule has 1 saturated heterocycles. The van der Waals surface area contributed by atoms with Crippen LogP contribution < -0.4 is 28.4 Å². The Labute approximate surface area is 214 Å². The Kier molecular flexibility index (Phi) is 5.79. The molecule has 2 aliphatic heterocycles. The molecule has 1 fully saturated rings. The van der Waals surface area contributed by atoms with Crippen molar-refractivity contribution in [3.63, 3.8) is 0 Å². The van der Waals surface area contributed by atoms with Crippen LogP contribution in [0.15, 0.2) is 48.0 Å². The van der Waals surface area contributed by atoms with Crippen LogP contribution in [-0.4, -0.2) is 40.7 Å². The van der Waals surface area contributed by atoms with Gasteiger partial charge in [0.1, 0.15) is 6.61 Å². The molecular weight excluding hydrogens is 476 g/mol. The fourth-order valence-corrected chi connectivity index (χ4v) is 5.21. The largest absolute Gasteiger partial charge is 0.493 e. The number of esters is 1. The second-order valence-electron chi connectivity index (χ2n) is 8.96. The van der Waals surface area contributed by atoms with E-state index in [0.29, 0.717) is 65.3 Å². The Morgan fingerprint density at radius 3 is 2.46 bits per heavy atom. The number of ether oxygens (including phenoxy) is 7. The second kappa shape index (κ2) is 9.28. The lowest BCUT2D eigenvalue weighted by Crippen LogP contribution is -2.12. The van der Waals surface area contributed by atoms with Crippen molar-refractivity contribution in [1.29, 1.82) is 0 Å². The third-order valence-corrected chi connectivity index (χ3v) is 6.91. The molecule has 0 radical (unpaired) electrons. The Bertz CT molecular complexity index is 1410. The first kappa shape index (κ1) is 23.1. The van der Waals surface area contributed by atoms with Gasteiger partial charge >= 0.3 is 5.97 Å². The summed E-state index contributed by atoms with van der Waals surface area (Å²) in [4.78, 5) is 12.7. The van der Waals surface area contributed by atoms with E-state index in [2.05, 4.69) is 0 Å². The lowest BCUT2D eigenvalue weighted by atomic mass is 9.82. The maximum Gasteiger partial charge on any atom is 0.334 e. The quantitative estimate of drug-likeness (QED) is 0.445. The van der Waals surface area contributed by atoms with Crippen LogP contribution in [0.2, 0.25) is 0 Å². The maximum absolute atomic E-state index is 12.7. The van der Waals surface area contributed by atoms with Gasteiger partial charge in [-0.3, -0.25) is 0 Å². The monoisotopic (exact) mass is 502 g/mol. The SMILES string of the molecule is COc1cc2c(c(OC)c1OCc1ccccc1)-c1c(cc3c(c1OC)OCO3)C[C@@H]1COC(=O)/C1=C/2. The Hall–Kier alpha value is -4.33. The van der Waals surface area contributed by atoms with E-state index in [0.717, 1.165) is 22.3 Å². The summed E-state index contributed by atoms with van der Waals surface area (Å²) in [5.74, 6) is 2.61.